The number of rotatable bonds is 8. The van der Waals surface area contributed by atoms with Crippen LogP contribution in [-0.2, 0) is 19.4 Å². The van der Waals surface area contributed by atoms with Crippen molar-refractivity contribution in [2.45, 2.75) is 56.6 Å². The van der Waals surface area contributed by atoms with Gasteiger partial charge in [0.15, 0.2) is 0 Å². The van der Waals surface area contributed by atoms with Gasteiger partial charge in [0.05, 0.1) is 0 Å². The molecule has 0 unspecified atom stereocenters. The molecule has 190 valence electrons. The smallest absolute Gasteiger partial charge is 0.126 e. The minimum Gasteiger partial charge on any atom is -0.487 e. The highest BCUT2D eigenvalue weighted by Crippen LogP contribution is 2.31. The van der Waals surface area contributed by atoms with E-state index in [1.165, 1.54) is 24.3 Å². The standard InChI is InChI=1S/C29H31F2NO4/c30-22-8-12-26-20(14-22)6-10-28(35-26)24(33)17-32(16-19-4-2-1-3-5-19)18-25(34)29-11-7-21-15-23(31)9-13-27(21)36-29/h1-5,8-9,12-15,24-25,28-29,33-34H,6-7,10-11,16-18H2/t24-,25+,28-,29-/m0/s1. The second-order valence-corrected chi connectivity index (χ2v) is 9.71. The van der Waals surface area contributed by atoms with Crippen LogP contribution in [0, 0.1) is 11.6 Å². The Bertz CT molecular complexity index is 1100. The summed E-state index contributed by atoms with van der Waals surface area (Å²) >= 11 is 0. The summed E-state index contributed by atoms with van der Waals surface area (Å²) in [7, 11) is 0. The average molecular weight is 496 g/mol. The summed E-state index contributed by atoms with van der Waals surface area (Å²) < 4.78 is 39.1. The minimum atomic E-state index is -0.796. The Balaban J connectivity index is 1.26. The first-order valence-electron chi connectivity index (χ1n) is 12.5. The summed E-state index contributed by atoms with van der Waals surface area (Å²) in [6.07, 6.45) is -0.0167. The van der Waals surface area contributed by atoms with Gasteiger partial charge >= 0.3 is 0 Å². The van der Waals surface area contributed by atoms with Gasteiger partial charge in [0.2, 0.25) is 0 Å². The molecule has 2 N–H and O–H groups in total. The molecule has 36 heavy (non-hydrogen) atoms. The van der Waals surface area contributed by atoms with E-state index >= 15 is 0 Å². The average Bonchev–Trinajstić information content (AvgIpc) is 2.88. The van der Waals surface area contributed by atoms with E-state index in [4.69, 9.17) is 9.47 Å². The Hall–Kier alpha value is -3.00. The van der Waals surface area contributed by atoms with Gasteiger partial charge in [0.25, 0.3) is 0 Å². The van der Waals surface area contributed by atoms with E-state index in [-0.39, 0.29) is 11.6 Å². The summed E-state index contributed by atoms with van der Waals surface area (Å²) in [6.45, 7) is 1.13. The van der Waals surface area contributed by atoms with E-state index in [0.29, 0.717) is 56.8 Å². The van der Waals surface area contributed by atoms with Crippen LogP contribution in [-0.4, -0.2) is 52.6 Å². The predicted octanol–water partition coefficient (Wildman–Crippen LogP) is 4.28. The lowest BCUT2D eigenvalue weighted by Crippen LogP contribution is -2.48. The fourth-order valence-corrected chi connectivity index (χ4v) is 5.11. The van der Waals surface area contributed by atoms with Crippen LogP contribution < -0.4 is 9.47 Å². The van der Waals surface area contributed by atoms with E-state index in [0.717, 1.165) is 16.7 Å². The van der Waals surface area contributed by atoms with Crippen molar-refractivity contribution in [1.82, 2.24) is 4.90 Å². The lowest BCUT2D eigenvalue weighted by atomic mass is 9.97. The number of aryl methyl sites for hydroxylation is 2. The van der Waals surface area contributed by atoms with Crippen molar-refractivity contribution >= 4 is 0 Å². The first-order valence-corrected chi connectivity index (χ1v) is 12.5. The van der Waals surface area contributed by atoms with Crippen LogP contribution in [0.4, 0.5) is 8.78 Å². The van der Waals surface area contributed by atoms with Gasteiger partial charge in [-0.05, 0) is 78.8 Å². The number of aliphatic hydroxyl groups is 2. The van der Waals surface area contributed by atoms with Gasteiger partial charge in [-0.2, -0.15) is 0 Å². The molecule has 0 aliphatic carbocycles. The Morgan fingerprint density at radius 1 is 0.750 bits per heavy atom. The van der Waals surface area contributed by atoms with Crippen LogP contribution in [0.15, 0.2) is 66.7 Å². The molecule has 0 bridgehead atoms. The van der Waals surface area contributed by atoms with Crippen LogP contribution in [0.5, 0.6) is 11.5 Å². The van der Waals surface area contributed by atoms with Crippen LogP contribution in [0.25, 0.3) is 0 Å². The fourth-order valence-electron chi connectivity index (χ4n) is 5.11. The summed E-state index contributed by atoms with van der Waals surface area (Å²) in [4.78, 5) is 2.01. The zero-order valence-corrected chi connectivity index (χ0v) is 20.0. The maximum Gasteiger partial charge on any atom is 0.126 e. The first-order chi connectivity index (χ1) is 17.4. The molecule has 2 aliphatic rings. The third-order valence-electron chi connectivity index (χ3n) is 7.00. The molecule has 0 radical (unpaired) electrons. The topological polar surface area (TPSA) is 62.2 Å². The van der Waals surface area contributed by atoms with Crippen molar-refractivity contribution in [2.24, 2.45) is 0 Å². The summed E-state index contributed by atoms with van der Waals surface area (Å²) in [5.41, 5.74) is 2.68. The maximum atomic E-state index is 13.5. The Morgan fingerprint density at radius 2 is 1.25 bits per heavy atom. The molecule has 5 rings (SSSR count). The molecule has 4 atom stereocenters. The number of halogens is 2. The van der Waals surface area contributed by atoms with E-state index in [2.05, 4.69) is 0 Å². The molecule has 5 nitrogen and oxygen atoms in total. The second kappa shape index (κ2) is 10.9. The minimum absolute atomic E-state index is 0.293. The van der Waals surface area contributed by atoms with Gasteiger partial charge in [-0.25, -0.2) is 8.78 Å². The molecule has 2 heterocycles. The third kappa shape index (κ3) is 5.86. The Labute approximate surface area is 209 Å². The van der Waals surface area contributed by atoms with Gasteiger partial charge < -0.3 is 19.7 Å². The Morgan fingerprint density at radius 3 is 1.75 bits per heavy atom. The molecule has 7 heteroatoms. The van der Waals surface area contributed by atoms with Crippen LogP contribution in [0.3, 0.4) is 0 Å². The second-order valence-electron chi connectivity index (χ2n) is 9.71. The number of hydrogen-bond donors (Lipinski definition) is 2. The van der Waals surface area contributed by atoms with E-state index in [1.54, 1.807) is 12.1 Å². The van der Waals surface area contributed by atoms with Crippen LogP contribution in [0.2, 0.25) is 0 Å². The van der Waals surface area contributed by atoms with E-state index in [9.17, 15) is 19.0 Å². The molecular weight excluding hydrogens is 464 g/mol. The molecule has 3 aromatic rings. The zero-order chi connectivity index (χ0) is 25.1. The first kappa shape index (κ1) is 24.7. The van der Waals surface area contributed by atoms with Crippen molar-refractivity contribution < 1.29 is 28.5 Å². The molecular formula is C29H31F2NO4. The molecule has 0 saturated carbocycles. The van der Waals surface area contributed by atoms with Gasteiger partial charge in [-0.1, -0.05) is 30.3 Å². The summed E-state index contributed by atoms with van der Waals surface area (Å²) in [6, 6.07) is 18.8. The van der Waals surface area contributed by atoms with Crippen molar-refractivity contribution in [3.8, 4) is 11.5 Å². The van der Waals surface area contributed by atoms with Crippen LogP contribution in [0.1, 0.15) is 29.5 Å². The Kier molecular flexibility index (Phi) is 7.51. The number of nitrogens with zero attached hydrogens (tertiary/aromatic N) is 1. The van der Waals surface area contributed by atoms with E-state index in [1.807, 2.05) is 35.2 Å². The van der Waals surface area contributed by atoms with Gasteiger partial charge in [-0.3, -0.25) is 4.90 Å². The third-order valence-corrected chi connectivity index (χ3v) is 7.00. The largest absolute Gasteiger partial charge is 0.487 e. The van der Waals surface area contributed by atoms with Crippen molar-refractivity contribution in [2.75, 3.05) is 13.1 Å². The number of hydrogen-bond acceptors (Lipinski definition) is 5. The molecule has 0 aromatic heterocycles. The SMILES string of the molecule is O[C@H](CN(Cc1ccccc1)C[C@H](O)[C@@H]1CCc2cc(F)ccc2O1)[C@@H]1CCc2cc(F)ccc2O1. The van der Waals surface area contributed by atoms with Gasteiger partial charge in [-0.15, -0.1) is 0 Å². The number of ether oxygens (including phenoxy) is 2. The highest BCUT2D eigenvalue weighted by Gasteiger charge is 2.32. The normalized spacial score (nSPS) is 20.6. The number of aliphatic hydroxyl groups excluding tert-OH is 2. The molecule has 0 amide bonds. The van der Waals surface area contributed by atoms with Crippen molar-refractivity contribution in [3.05, 3.63) is 95.1 Å². The predicted molar refractivity (Wildman–Crippen MR) is 132 cm³/mol. The van der Waals surface area contributed by atoms with Gasteiger partial charge in [0, 0.05) is 19.6 Å². The van der Waals surface area contributed by atoms with Gasteiger partial charge in [0.1, 0.15) is 47.5 Å². The quantitative estimate of drug-likeness (QED) is 0.489. The lowest BCUT2D eigenvalue weighted by Gasteiger charge is -2.35. The zero-order valence-electron chi connectivity index (χ0n) is 20.0. The van der Waals surface area contributed by atoms with Crippen molar-refractivity contribution in [1.29, 1.82) is 0 Å². The molecule has 0 fully saturated rings. The molecule has 2 aliphatic heterocycles. The highest BCUT2D eigenvalue weighted by atomic mass is 19.1. The number of fused-ring (bicyclic) bond motifs is 2. The molecule has 0 spiro atoms. The van der Waals surface area contributed by atoms with E-state index < -0.39 is 24.4 Å². The fraction of sp³-hybridized carbons (Fsp3) is 0.379. The highest BCUT2D eigenvalue weighted by molar-refractivity contribution is 5.37. The monoisotopic (exact) mass is 495 g/mol. The molecule has 0 saturated heterocycles. The summed E-state index contributed by atoms with van der Waals surface area (Å²) in [5, 5.41) is 22.2. The molecule has 3 aromatic carbocycles. The van der Waals surface area contributed by atoms with Crippen molar-refractivity contribution in [3.63, 3.8) is 0 Å². The summed E-state index contributed by atoms with van der Waals surface area (Å²) in [5.74, 6) is 0.619. The maximum absolute atomic E-state index is 13.5. The lowest BCUT2D eigenvalue weighted by molar-refractivity contribution is -0.0295. The number of benzene rings is 3. The van der Waals surface area contributed by atoms with Crippen LogP contribution >= 0.6 is 0 Å².